The molecule has 1 aromatic carbocycles. The Hall–Kier alpha value is -2.87. The van der Waals surface area contributed by atoms with E-state index in [1.165, 1.54) is 11.3 Å². The van der Waals surface area contributed by atoms with Crippen LogP contribution in [-0.2, 0) is 17.9 Å². The van der Waals surface area contributed by atoms with E-state index in [2.05, 4.69) is 10.6 Å². The lowest BCUT2D eigenvalue weighted by Crippen LogP contribution is -2.27. The highest BCUT2D eigenvalue weighted by Gasteiger charge is 2.25. The first kappa shape index (κ1) is 19.4. The largest absolute Gasteiger partial charge is 0.349 e. The van der Waals surface area contributed by atoms with Gasteiger partial charge in [-0.2, -0.15) is 0 Å². The van der Waals surface area contributed by atoms with Crippen LogP contribution in [0.2, 0.25) is 0 Å². The number of para-hydroxylation sites is 2. The van der Waals surface area contributed by atoms with E-state index >= 15 is 0 Å². The summed E-state index contributed by atoms with van der Waals surface area (Å²) in [4.78, 5) is 37.6. The molecule has 2 N–H and O–H groups in total. The molecule has 1 aliphatic carbocycles. The van der Waals surface area contributed by atoms with Crippen LogP contribution in [0.5, 0.6) is 0 Å². The fourth-order valence-corrected chi connectivity index (χ4v) is 4.21. The van der Waals surface area contributed by atoms with Gasteiger partial charge in [0.25, 0.3) is 5.91 Å². The molecule has 29 heavy (non-hydrogen) atoms. The fraction of sp³-hybridized carbons (Fsp3) is 0.381. The topological polar surface area (TPSA) is 85.1 Å². The van der Waals surface area contributed by atoms with Crippen LogP contribution in [0.4, 0.5) is 5.00 Å². The third-order valence-electron chi connectivity index (χ3n) is 5.01. The summed E-state index contributed by atoms with van der Waals surface area (Å²) in [5.41, 5.74) is 2.12. The standard InChI is InChI=1S/C21H24N4O3S/c1-2-11-24-16-5-3-4-6-17(16)25(21(24)28)12-9-18(26)23-20-15(10-13-29-20)19(27)22-14-7-8-14/h3-6,10,13-14H,2,7-9,11-12H2,1H3,(H,22,27)(H,23,26). The van der Waals surface area contributed by atoms with Crippen molar-refractivity contribution in [3.8, 4) is 0 Å². The number of carbonyl (C=O) groups excluding carboxylic acids is 2. The minimum absolute atomic E-state index is 0.0959. The van der Waals surface area contributed by atoms with E-state index in [-0.39, 0.29) is 36.5 Å². The smallest absolute Gasteiger partial charge is 0.329 e. The highest BCUT2D eigenvalue weighted by Crippen LogP contribution is 2.26. The van der Waals surface area contributed by atoms with Crippen LogP contribution in [0.1, 0.15) is 43.0 Å². The Labute approximate surface area is 172 Å². The normalized spacial score (nSPS) is 13.6. The number of carbonyl (C=O) groups is 2. The predicted molar refractivity (Wildman–Crippen MR) is 115 cm³/mol. The molecule has 0 bridgehead atoms. The van der Waals surface area contributed by atoms with Gasteiger partial charge in [0.05, 0.1) is 16.6 Å². The molecule has 2 heterocycles. The van der Waals surface area contributed by atoms with Crippen molar-refractivity contribution in [2.24, 2.45) is 0 Å². The summed E-state index contributed by atoms with van der Waals surface area (Å²) in [7, 11) is 0. The highest BCUT2D eigenvalue weighted by atomic mass is 32.1. The second kappa shape index (κ2) is 8.24. The first-order chi connectivity index (χ1) is 14.1. The number of benzene rings is 1. The van der Waals surface area contributed by atoms with Crippen molar-refractivity contribution in [3.05, 3.63) is 51.8 Å². The van der Waals surface area contributed by atoms with E-state index in [0.717, 1.165) is 30.3 Å². The number of aryl methyl sites for hydroxylation is 2. The van der Waals surface area contributed by atoms with Crippen molar-refractivity contribution in [2.45, 2.75) is 51.7 Å². The average Bonchev–Trinajstić information content (AvgIpc) is 3.33. The zero-order chi connectivity index (χ0) is 20.4. The molecule has 0 unspecified atom stereocenters. The number of amides is 2. The second-order valence-electron chi connectivity index (χ2n) is 7.28. The first-order valence-corrected chi connectivity index (χ1v) is 10.8. The van der Waals surface area contributed by atoms with Crippen molar-refractivity contribution >= 4 is 39.2 Å². The van der Waals surface area contributed by atoms with Crippen LogP contribution < -0.4 is 16.3 Å². The lowest BCUT2D eigenvalue weighted by molar-refractivity contribution is -0.116. The molecule has 2 amide bonds. The first-order valence-electron chi connectivity index (χ1n) is 9.94. The Morgan fingerprint density at radius 2 is 1.79 bits per heavy atom. The summed E-state index contributed by atoms with van der Waals surface area (Å²) in [6.07, 6.45) is 3.04. The number of hydrogen-bond donors (Lipinski definition) is 2. The SMILES string of the molecule is CCCn1c(=O)n(CCC(=O)Nc2sccc2C(=O)NC2CC2)c2ccccc21. The van der Waals surface area contributed by atoms with Gasteiger partial charge in [0, 0.05) is 25.6 Å². The Balaban J connectivity index is 1.46. The molecular formula is C21H24N4O3S. The van der Waals surface area contributed by atoms with Crippen molar-refractivity contribution in [1.29, 1.82) is 0 Å². The summed E-state index contributed by atoms with van der Waals surface area (Å²) < 4.78 is 3.41. The Morgan fingerprint density at radius 1 is 1.10 bits per heavy atom. The third kappa shape index (κ3) is 4.12. The van der Waals surface area contributed by atoms with Gasteiger partial charge in [0.1, 0.15) is 5.00 Å². The minimum Gasteiger partial charge on any atom is -0.349 e. The molecule has 0 aliphatic heterocycles. The number of fused-ring (bicyclic) bond motifs is 1. The van der Waals surface area contributed by atoms with Crippen LogP contribution >= 0.6 is 11.3 Å². The molecule has 2 aromatic heterocycles. The maximum absolute atomic E-state index is 12.8. The summed E-state index contributed by atoms with van der Waals surface area (Å²) in [6, 6.07) is 9.63. The molecule has 1 aliphatic rings. The molecule has 7 nitrogen and oxygen atoms in total. The van der Waals surface area contributed by atoms with Crippen LogP contribution in [0.15, 0.2) is 40.5 Å². The van der Waals surface area contributed by atoms with E-state index in [1.807, 2.05) is 31.2 Å². The van der Waals surface area contributed by atoms with Gasteiger partial charge in [-0.3, -0.25) is 18.7 Å². The zero-order valence-electron chi connectivity index (χ0n) is 16.3. The van der Waals surface area contributed by atoms with Gasteiger partial charge in [-0.1, -0.05) is 19.1 Å². The summed E-state index contributed by atoms with van der Waals surface area (Å²) in [5.74, 6) is -0.366. The molecule has 0 radical (unpaired) electrons. The van der Waals surface area contributed by atoms with E-state index in [0.29, 0.717) is 17.1 Å². The van der Waals surface area contributed by atoms with Crippen molar-refractivity contribution < 1.29 is 9.59 Å². The van der Waals surface area contributed by atoms with E-state index in [4.69, 9.17) is 0 Å². The van der Waals surface area contributed by atoms with E-state index in [9.17, 15) is 14.4 Å². The lowest BCUT2D eigenvalue weighted by Gasteiger charge is -2.07. The van der Waals surface area contributed by atoms with Gasteiger partial charge in [-0.05, 0) is 42.8 Å². The molecule has 0 atom stereocenters. The predicted octanol–water partition coefficient (Wildman–Crippen LogP) is 3.20. The van der Waals surface area contributed by atoms with E-state index < -0.39 is 0 Å². The molecule has 152 valence electrons. The molecular weight excluding hydrogens is 388 g/mol. The van der Waals surface area contributed by atoms with Crippen LogP contribution in [-0.4, -0.2) is 27.0 Å². The zero-order valence-corrected chi connectivity index (χ0v) is 17.1. The van der Waals surface area contributed by atoms with Crippen molar-refractivity contribution in [1.82, 2.24) is 14.5 Å². The molecule has 1 fully saturated rings. The number of nitrogens with zero attached hydrogens (tertiary/aromatic N) is 2. The molecule has 4 rings (SSSR count). The summed E-state index contributed by atoms with van der Waals surface area (Å²) >= 11 is 1.33. The van der Waals surface area contributed by atoms with Crippen LogP contribution in [0, 0.1) is 0 Å². The number of hydrogen-bond acceptors (Lipinski definition) is 4. The van der Waals surface area contributed by atoms with Crippen LogP contribution in [0.25, 0.3) is 11.0 Å². The van der Waals surface area contributed by atoms with E-state index in [1.54, 1.807) is 20.6 Å². The van der Waals surface area contributed by atoms with Crippen molar-refractivity contribution in [3.63, 3.8) is 0 Å². The maximum atomic E-state index is 12.8. The number of nitrogens with one attached hydrogen (secondary N) is 2. The number of imidazole rings is 1. The Bertz CT molecular complexity index is 1110. The second-order valence-corrected chi connectivity index (χ2v) is 8.20. The summed E-state index contributed by atoms with van der Waals surface area (Å²) in [6.45, 7) is 2.97. The highest BCUT2D eigenvalue weighted by molar-refractivity contribution is 7.14. The molecule has 1 saturated carbocycles. The number of anilines is 1. The Morgan fingerprint density at radius 3 is 2.45 bits per heavy atom. The van der Waals surface area contributed by atoms with Gasteiger partial charge in [0.2, 0.25) is 5.91 Å². The fourth-order valence-electron chi connectivity index (χ4n) is 3.41. The van der Waals surface area contributed by atoms with Crippen LogP contribution in [0.3, 0.4) is 0 Å². The quantitative estimate of drug-likeness (QED) is 0.596. The number of rotatable bonds is 8. The lowest BCUT2D eigenvalue weighted by atomic mass is 10.3. The number of thiophene rings is 1. The molecule has 0 spiro atoms. The molecule has 8 heteroatoms. The van der Waals surface area contributed by atoms with Crippen molar-refractivity contribution in [2.75, 3.05) is 5.32 Å². The summed E-state index contributed by atoms with van der Waals surface area (Å²) in [5, 5.41) is 8.11. The molecule has 0 saturated heterocycles. The Kier molecular flexibility index (Phi) is 5.53. The third-order valence-corrected chi connectivity index (χ3v) is 5.84. The van der Waals surface area contributed by atoms with Gasteiger partial charge >= 0.3 is 5.69 Å². The maximum Gasteiger partial charge on any atom is 0.329 e. The van der Waals surface area contributed by atoms with Gasteiger partial charge in [-0.25, -0.2) is 4.79 Å². The van der Waals surface area contributed by atoms with Gasteiger partial charge in [0.15, 0.2) is 0 Å². The average molecular weight is 413 g/mol. The number of aromatic nitrogens is 2. The van der Waals surface area contributed by atoms with Gasteiger partial charge in [-0.15, -0.1) is 11.3 Å². The monoisotopic (exact) mass is 412 g/mol. The van der Waals surface area contributed by atoms with Gasteiger partial charge < -0.3 is 10.6 Å². The minimum atomic E-state index is -0.216. The molecule has 3 aromatic rings.